The third-order valence-corrected chi connectivity index (χ3v) is 2.81. The lowest BCUT2D eigenvalue weighted by atomic mass is 10.1. The maximum atomic E-state index is 11.7. The molecule has 0 aliphatic heterocycles. The second kappa shape index (κ2) is 5.57. The monoisotopic (exact) mass is 231 g/mol. The molecule has 0 radical (unpaired) electrons. The number of para-hydroxylation sites is 1. The van der Waals surface area contributed by atoms with Gasteiger partial charge in [-0.1, -0.05) is 37.1 Å². The number of nitrogens with zero attached hydrogens (tertiary/aromatic N) is 3. The SMILES string of the molecule is CCCCCC(=O)Cn1nnc2ccccc21. The molecular formula is C13H17N3O. The lowest BCUT2D eigenvalue weighted by molar-refractivity contribution is -0.119. The Morgan fingerprint density at radius 2 is 2.12 bits per heavy atom. The van der Waals surface area contributed by atoms with E-state index in [1.54, 1.807) is 4.68 Å². The lowest BCUT2D eigenvalue weighted by Gasteiger charge is -2.01. The van der Waals surface area contributed by atoms with Gasteiger partial charge in [0.1, 0.15) is 12.1 Å². The maximum absolute atomic E-state index is 11.7. The van der Waals surface area contributed by atoms with Crippen LogP contribution in [0.5, 0.6) is 0 Å². The molecule has 0 aliphatic carbocycles. The molecule has 0 N–H and O–H groups in total. The maximum Gasteiger partial charge on any atom is 0.154 e. The second-order valence-corrected chi connectivity index (χ2v) is 4.23. The van der Waals surface area contributed by atoms with Gasteiger partial charge in [-0.15, -0.1) is 5.10 Å². The van der Waals surface area contributed by atoms with E-state index >= 15 is 0 Å². The van der Waals surface area contributed by atoms with Crippen molar-refractivity contribution in [2.45, 2.75) is 39.2 Å². The zero-order valence-corrected chi connectivity index (χ0v) is 10.1. The summed E-state index contributed by atoms with van der Waals surface area (Å²) in [6.07, 6.45) is 3.87. The van der Waals surface area contributed by atoms with Crippen molar-refractivity contribution in [1.82, 2.24) is 15.0 Å². The van der Waals surface area contributed by atoms with Gasteiger partial charge >= 0.3 is 0 Å². The van der Waals surface area contributed by atoms with Crippen molar-refractivity contribution < 1.29 is 4.79 Å². The summed E-state index contributed by atoms with van der Waals surface area (Å²) in [5, 5.41) is 8.04. The normalized spacial score (nSPS) is 10.9. The van der Waals surface area contributed by atoms with E-state index in [2.05, 4.69) is 17.2 Å². The van der Waals surface area contributed by atoms with Crippen LogP contribution < -0.4 is 0 Å². The van der Waals surface area contributed by atoms with Crippen molar-refractivity contribution in [1.29, 1.82) is 0 Å². The van der Waals surface area contributed by atoms with Gasteiger partial charge in [-0.3, -0.25) is 4.79 Å². The molecule has 0 saturated heterocycles. The van der Waals surface area contributed by atoms with Crippen LogP contribution in [0.2, 0.25) is 0 Å². The number of aromatic nitrogens is 3. The topological polar surface area (TPSA) is 47.8 Å². The molecule has 0 spiro atoms. The van der Waals surface area contributed by atoms with Crippen molar-refractivity contribution in [2.75, 3.05) is 0 Å². The molecule has 0 amide bonds. The molecule has 0 unspecified atom stereocenters. The second-order valence-electron chi connectivity index (χ2n) is 4.23. The number of unbranched alkanes of at least 4 members (excludes halogenated alkanes) is 2. The average Bonchev–Trinajstić information content (AvgIpc) is 2.73. The molecule has 1 aromatic carbocycles. The first kappa shape index (κ1) is 11.8. The van der Waals surface area contributed by atoms with Crippen LogP contribution >= 0.6 is 0 Å². The number of hydrogen-bond acceptors (Lipinski definition) is 3. The smallest absolute Gasteiger partial charge is 0.154 e. The van der Waals surface area contributed by atoms with Gasteiger partial charge < -0.3 is 0 Å². The number of fused-ring (bicyclic) bond motifs is 1. The quantitative estimate of drug-likeness (QED) is 0.718. The van der Waals surface area contributed by atoms with Gasteiger partial charge in [0.15, 0.2) is 5.78 Å². The summed E-state index contributed by atoms with van der Waals surface area (Å²) in [5.41, 5.74) is 1.77. The zero-order chi connectivity index (χ0) is 12.1. The third-order valence-electron chi connectivity index (χ3n) is 2.81. The minimum atomic E-state index is 0.231. The molecular weight excluding hydrogens is 214 g/mol. The molecule has 0 bridgehead atoms. The van der Waals surface area contributed by atoms with Gasteiger partial charge in [0.25, 0.3) is 0 Å². The Morgan fingerprint density at radius 3 is 2.94 bits per heavy atom. The highest BCUT2D eigenvalue weighted by atomic mass is 16.1. The van der Waals surface area contributed by atoms with E-state index in [4.69, 9.17) is 0 Å². The van der Waals surface area contributed by atoms with Gasteiger partial charge in [0.05, 0.1) is 5.52 Å². The van der Waals surface area contributed by atoms with Crippen molar-refractivity contribution in [3.05, 3.63) is 24.3 Å². The fourth-order valence-electron chi connectivity index (χ4n) is 1.85. The first-order valence-corrected chi connectivity index (χ1v) is 6.11. The predicted octanol–water partition coefficient (Wildman–Crippen LogP) is 2.58. The summed E-state index contributed by atoms with van der Waals surface area (Å²) in [5.74, 6) is 0.231. The fraction of sp³-hybridized carbons (Fsp3) is 0.462. The molecule has 1 heterocycles. The van der Waals surface area contributed by atoms with Crippen LogP contribution in [0.25, 0.3) is 11.0 Å². The largest absolute Gasteiger partial charge is 0.298 e. The summed E-state index contributed by atoms with van der Waals surface area (Å²) < 4.78 is 1.68. The summed E-state index contributed by atoms with van der Waals surface area (Å²) >= 11 is 0. The standard InChI is InChI=1S/C13H17N3O/c1-2-3-4-7-11(17)10-16-13-9-6-5-8-12(13)14-15-16/h5-6,8-9H,2-4,7,10H2,1H3. The average molecular weight is 231 g/mol. The Labute approximate surface area is 101 Å². The van der Waals surface area contributed by atoms with Crippen LogP contribution in [0.1, 0.15) is 32.6 Å². The van der Waals surface area contributed by atoms with Crippen molar-refractivity contribution >= 4 is 16.8 Å². The molecule has 4 heteroatoms. The number of carbonyl (C=O) groups excluding carboxylic acids is 1. The first-order valence-electron chi connectivity index (χ1n) is 6.11. The van der Waals surface area contributed by atoms with Gasteiger partial charge in [-0.25, -0.2) is 4.68 Å². The Balaban J connectivity index is 2.01. The summed E-state index contributed by atoms with van der Waals surface area (Å²) in [7, 11) is 0. The van der Waals surface area contributed by atoms with Crippen LogP contribution in [-0.2, 0) is 11.3 Å². The minimum Gasteiger partial charge on any atom is -0.298 e. The van der Waals surface area contributed by atoms with Crippen molar-refractivity contribution in [2.24, 2.45) is 0 Å². The van der Waals surface area contributed by atoms with E-state index in [1.165, 1.54) is 0 Å². The highest BCUT2D eigenvalue weighted by molar-refractivity contribution is 5.81. The molecule has 2 rings (SSSR count). The van der Waals surface area contributed by atoms with Crippen LogP contribution in [-0.4, -0.2) is 20.8 Å². The highest BCUT2D eigenvalue weighted by Gasteiger charge is 2.07. The molecule has 0 aliphatic rings. The number of hydrogen-bond donors (Lipinski definition) is 0. The first-order chi connectivity index (χ1) is 8.31. The van der Waals surface area contributed by atoms with Crippen molar-refractivity contribution in [3.63, 3.8) is 0 Å². The molecule has 0 fully saturated rings. The fourth-order valence-corrected chi connectivity index (χ4v) is 1.85. The van der Waals surface area contributed by atoms with E-state index in [0.29, 0.717) is 13.0 Å². The predicted molar refractivity (Wildman–Crippen MR) is 66.7 cm³/mol. The minimum absolute atomic E-state index is 0.231. The van der Waals surface area contributed by atoms with E-state index < -0.39 is 0 Å². The number of Topliss-reactive ketones (excluding diaryl/α,β-unsaturated/α-hetero) is 1. The van der Waals surface area contributed by atoms with Gasteiger partial charge in [0.2, 0.25) is 0 Å². The molecule has 17 heavy (non-hydrogen) atoms. The van der Waals surface area contributed by atoms with Crippen LogP contribution in [0.3, 0.4) is 0 Å². The van der Waals surface area contributed by atoms with Crippen LogP contribution in [0.15, 0.2) is 24.3 Å². The highest BCUT2D eigenvalue weighted by Crippen LogP contribution is 2.10. The molecule has 90 valence electrons. The number of benzene rings is 1. The van der Waals surface area contributed by atoms with Gasteiger partial charge in [-0.05, 0) is 18.6 Å². The summed E-state index contributed by atoms with van der Waals surface area (Å²) in [6, 6.07) is 7.70. The molecule has 1 aromatic heterocycles. The van der Waals surface area contributed by atoms with E-state index in [9.17, 15) is 4.79 Å². The van der Waals surface area contributed by atoms with Crippen LogP contribution in [0.4, 0.5) is 0 Å². The molecule has 0 saturated carbocycles. The lowest BCUT2D eigenvalue weighted by Crippen LogP contribution is -2.11. The van der Waals surface area contributed by atoms with E-state index in [1.807, 2.05) is 24.3 Å². The summed E-state index contributed by atoms with van der Waals surface area (Å²) in [4.78, 5) is 11.7. The number of rotatable bonds is 6. The van der Waals surface area contributed by atoms with Gasteiger partial charge in [-0.2, -0.15) is 0 Å². The van der Waals surface area contributed by atoms with Crippen molar-refractivity contribution in [3.8, 4) is 0 Å². The Kier molecular flexibility index (Phi) is 3.85. The Bertz CT molecular complexity index is 504. The van der Waals surface area contributed by atoms with Gasteiger partial charge in [0, 0.05) is 6.42 Å². The van der Waals surface area contributed by atoms with E-state index in [0.717, 1.165) is 30.3 Å². The summed E-state index contributed by atoms with van der Waals surface area (Å²) in [6.45, 7) is 2.47. The number of ketones is 1. The van der Waals surface area contributed by atoms with Crippen LogP contribution in [0, 0.1) is 0 Å². The third kappa shape index (κ3) is 2.90. The Morgan fingerprint density at radius 1 is 1.29 bits per heavy atom. The Hall–Kier alpha value is -1.71. The van der Waals surface area contributed by atoms with E-state index in [-0.39, 0.29) is 5.78 Å². The number of carbonyl (C=O) groups is 1. The molecule has 0 atom stereocenters. The molecule has 4 nitrogen and oxygen atoms in total. The molecule has 2 aromatic rings. The zero-order valence-electron chi connectivity index (χ0n) is 10.1.